The molecule has 17 heteroatoms. The summed E-state index contributed by atoms with van der Waals surface area (Å²) in [6.07, 6.45) is 4.64. The molecule has 4 aliphatic heterocycles. The molecule has 4 aliphatic rings. The highest BCUT2D eigenvalue weighted by molar-refractivity contribution is 7.92. The summed E-state index contributed by atoms with van der Waals surface area (Å²) in [5.41, 5.74) is 4.31. The molecule has 316 valence electrons. The molecule has 0 spiro atoms. The maximum absolute atomic E-state index is 16.6. The van der Waals surface area contributed by atoms with Crippen molar-refractivity contribution in [2.45, 2.75) is 50.7 Å². The normalized spacial score (nSPS) is 19.9. The zero-order chi connectivity index (χ0) is 42.6. The fourth-order valence-electron chi connectivity index (χ4n) is 8.98. The van der Waals surface area contributed by atoms with Crippen LogP contribution in [0.3, 0.4) is 0 Å². The lowest BCUT2D eigenvalue weighted by Gasteiger charge is -2.34. The molecule has 4 aromatic carbocycles. The fraction of sp³-hybridized carbons (Fsp3) is 0.341. The third kappa shape index (κ3) is 7.67. The molecular formula is C44H44FN7O8S. The van der Waals surface area contributed by atoms with Gasteiger partial charge in [-0.05, 0) is 96.6 Å². The van der Waals surface area contributed by atoms with Gasteiger partial charge in [0.2, 0.25) is 17.7 Å². The molecule has 9 rings (SSSR count). The van der Waals surface area contributed by atoms with Crippen LogP contribution in [0.5, 0.6) is 5.75 Å². The minimum Gasteiger partial charge on any atom is -0.487 e. The topological polar surface area (TPSA) is 172 Å². The van der Waals surface area contributed by atoms with Crippen molar-refractivity contribution in [1.29, 1.82) is 0 Å². The van der Waals surface area contributed by atoms with Gasteiger partial charge in [0.15, 0.2) is 5.82 Å². The molecular weight excluding hydrogens is 806 g/mol. The van der Waals surface area contributed by atoms with E-state index in [0.29, 0.717) is 34.7 Å². The highest BCUT2D eigenvalue weighted by atomic mass is 32.2. The average Bonchev–Trinajstić information content (AvgIpc) is 3.67. The summed E-state index contributed by atoms with van der Waals surface area (Å²) in [6.45, 7) is 2.09. The molecule has 0 saturated carbocycles. The molecule has 5 heterocycles. The Kier molecular flexibility index (Phi) is 10.5. The first kappa shape index (κ1) is 40.1. The number of nitrogens with one attached hydrogen (secondary N) is 2. The van der Waals surface area contributed by atoms with E-state index in [9.17, 15) is 32.4 Å². The molecule has 0 bridgehead atoms. The second kappa shape index (κ2) is 15.9. The molecule has 4 amide bonds. The van der Waals surface area contributed by atoms with Crippen LogP contribution in [0.1, 0.15) is 60.8 Å². The number of halogens is 1. The first-order valence-electron chi connectivity index (χ1n) is 20.3. The molecule has 0 radical (unpaired) electrons. The van der Waals surface area contributed by atoms with Gasteiger partial charge in [0.05, 0.1) is 17.6 Å². The van der Waals surface area contributed by atoms with Crippen molar-refractivity contribution in [1.82, 2.24) is 29.0 Å². The van der Waals surface area contributed by atoms with Crippen molar-refractivity contribution in [2.75, 3.05) is 43.6 Å². The number of aryl methyl sites for hydroxylation is 1. The predicted octanol–water partition coefficient (Wildman–Crippen LogP) is 3.87. The Morgan fingerprint density at radius 1 is 0.885 bits per heavy atom. The van der Waals surface area contributed by atoms with E-state index < -0.39 is 40.4 Å². The number of imide groups is 1. The van der Waals surface area contributed by atoms with E-state index in [1.807, 2.05) is 70.3 Å². The number of likely N-dealkylation sites (tertiary alicyclic amines) is 1. The molecule has 0 aliphatic carbocycles. The van der Waals surface area contributed by atoms with Crippen molar-refractivity contribution < 1.29 is 36.7 Å². The largest absolute Gasteiger partial charge is 0.487 e. The standard InChI is InChI=1S/C44H44FN7O8S/c1-48-36-22-31(9-10-34(36)52(44(48)57)35-11-12-38(53)46-43(35)56)28-13-17-49(18-14-28)25-40(55)50-19-15-29(16-20-50)30-7-8-32-23-37(60-26-27-5-3-2-4-6-27)42(41(45)33(32)21-30)51-24-39(54)47-61(51,58)59/h2-10,15,21-23,28,35H,11-14,16-20,24-26H2,1H3,(H,47,54)(H,46,53,56). The number of carbonyl (C=O) groups excluding carboxylic acids is 4. The van der Waals surface area contributed by atoms with E-state index in [2.05, 4.69) is 10.2 Å². The summed E-state index contributed by atoms with van der Waals surface area (Å²) in [4.78, 5) is 67.2. The van der Waals surface area contributed by atoms with Crippen LogP contribution in [0.25, 0.3) is 27.4 Å². The number of carbonyl (C=O) groups is 4. The number of benzene rings is 4. The molecule has 2 N–H and O–H groups in total. The van der Waals surface area contributed by atoms with Crippen LogP contribution in [0.15, 0.2) is 83.7 Å². The Morgan fingerprint density at radius 2 is 1.67 bits per heavy atom. The second-order valence-corrected chi connectivity index (χ2v) is 17.7. The van der Waals surface area contributed by atoms with E-state index in [1.54, 1.807) is 29.8 Å². The summed E-state index contributed by atoms with van der Waals surface area (Å²) < 4.78 is 54.0. The quantitative estimate of drug-likeness (QED) is 0.209. The number of anilines is 1. The minimum atomic E-state index is -4.34. The summed E-state index contributed by atoms with van der Waals surface area (Å²) in [6, 6.07) is 21.2. The van der Waals surface area contributed by atoms with Crippen LogP contribution in [0.2, 0.25) is 0 Å². The van der Waals surface area contributed by atoms with Crippen molar-refractivity contribution in [3.05, 3.63) is 112 Å². The van der Waals surface area contributed by atoms with Crippen molar-refractivity contribution in [3.8, 4) is 5.75 Å². The van der Waals surface area contributed by atoms with E-state index in [4.69, 9.17) is 4.74 Å². The van der Waals surface area contributed by atoms with Crippen LogP contribution >= 0.6 is 0 Å². The van der Waals surface area contributed by atoms with E-state index in [-0.39, 0.29) is 66.2 Å². The number of fused-ring (bicyclic) bond motifs is 2. The van der Waals surface area contributed by atoms with Gasteiger partial charge in [-0.2, -0.15) is 8.42 Å². The van der Waals surface area contributed by atoms with Gasteiger partial charge in [0.25, 0.3) is 5.91 Å². The Morgan fingerprint density at radius 3 is 2.38 bits per heavy atom. The van der Waals surface area contributed by atoms with Crippen molar-refractivity contribution in [2.24, 2.45) is 7.05 Å². The van der Waals surface area contributed by atoms with Gasteiger partial charge < -0.3 is 9.64 Å². The molecule has 1 unspecified atom stereocenters. The SMILES string of the molecule is Cn1c(=O)n(C2CCC(=O)NC2=O)c2ccc(C3CCN(CC(=O)N4CC=C(c5ccc6cc(OCc7ccccc7)c(N7CC(=O)NS7(=O)=O)c(F)c6c5)CC4)CC3)cc21. The number of hydrogen-bond acceptors (Lipinski definition) is 9. The molecule has 3 fully saturated rings. The smallest absolute Gasteiger partial charge is 0.329 e. The number of hydrogen-bond donors (Lipinski definition) is 2. The van der Waals surface area contributed by atoms with E-state index in [1.165, 1.54) is 4.57 Å². The average molecular weight is 850 g/mol. The van der Waals surface area contributed by atoms with Crippen LogP contribution < -0.4 is 24.8 Å². The molecule has 1 aromatic heterocycles. The molecule has 61 heavy (non-hydrogen) atoms. The Labute approximate surface area is 350 Å². The molecule has 3 saturated heterocycles. The lowest BCUT2D eigenvalue weighted by atomic mass is 9.89. The zero-order valence-electron chi connectivity index (χ0n) is 33.4. The first-order valence-corrected chi connectivity index (χ1v) is 21.8. The molecule has 1 atom stereocenters. The van der Waals surface area contributed by atoms with Gasteiger partial charge in [-0.15, -0.1) is 0 Å². The van der Waals surface area contributed by atoms with Gasteiger partial charge in [-0.3, -0.25) is 38.5 Å². The number of imidazole rings is 1. The van der Waals surface area contributed by atoms with E-state index in [0.717, 1.165) is 53.7 Å². The number of ether oxygens (including phenoxy) is 1. The lowest BCUT2D eigenvalue weighted by Crippen LogP contribution is -2.44. The Hall–Kier alpha value is -6.33. The number of rotatable bonds is 9. The predicted molar refractivity (Wildman–Crippen MR) is 225 cm³/mol. The van der Waals surface area contributed by atoms with Gasteiger partial charge in [0.1, 0.15) is 30.6 Å². The fourth-order valence-corrected chi connectivity index (χ4v) is 10.1. The molecule has 5 aromatic rings. The lowest BCUT2D eigenvalue weighted by molar-refractivity contribution is -0.136. The summed E-state index contributed by atoms with van der Waals surface area (Å²) in [5, 5.41) is 3.01. The summed E-state index contributed by atoms with van der Waals surface area (Å²) in [5.74, 6) is -2.15. The van der Waals surface area contributed by atoms with Crippen LogP contribution in [-0.4, -0.2) is 90.2 Å². The van der Waals surface area contributed by atoms with E-state index >= 15 is 4.39 Å². The highest BCUT2D eigenvalue weighted by Crippen LogP contribution is 2.41. The maximum atomic E-state index is 16.6. The second-order valence-electron chi connectivity index (χ2n) is 16.1. The van der Waals surface area contributed by atoms with Gasteiger partial charge in [-0.25, -0.2) is 18.2 Å². The summed E-state index contributed by atoms with van der Waals surface area (Å²) in [7, 11) is -2.65. The Bertz CT molecular complexity index is 2830. The van der Waals surface area contributed by atoms with Crippen LogP contribution in [-0.2, 0) is 43.0 Å². The zero-order valence-corrected chi connectivity index (χ0v) is 34.3. The number of aromatic nitrogens is 2. The highest BCUT2D eigenvalue weighted by Gasteiger charge is 2.39. The van der Waals surface area contributed by atoms with Crippen molar-refractivity contribution in [3.63, 3.8) is 0 Å². The van der Waals surface area contributed by atoms with Gasteiger partial charge in [0, 0.05) is 31.9 Å². The van der Waals surface area contributed by atoms with Crippen molar-refractivity contribution >= 4 is 66.9 Å². The third-order valence-electron chi connectivity index (χ3n) is 12.3. The number of nitrogens with zero attached hydrogens (tertiary/aromatic N) is 5. The summed E-state index contributed by atoms with van der Waals surface area (Å²) >= 11 is 0. The van der Waals surface area contributed by atoms with Crippen LogP contribution in [0.4, 0.5) is 10.1 Å². The molecule has 15 nitrogen and oxygen atoms in total. The number of amides is 4. The minimum absolute atomic E-state index is 0.00853. The Balaban J connectivity index is 0.852. The monoisotopic (exact) mass is 849 g/mol. The van der Waals surface area contributed by atoms with Crippen LogP contribution in [0, 0.1) is 5.82 Å². The third-order valence-corrected chi connectivity index (χ3v) is 13.7. The first-order chi connectivity index (χ1) is 29.3. The maximum Gasteiger partial charge on any atom is 0.329 e. The van der Waals surface area contributed by atoms with Gasteiger partial charge >= 0.3 is 15.9 Å². The number of piperidine rings is 2. The van der Waals surface area contributed by atoms with Gasteiger partial charge in [-0.1, -0.05) is 54.6 Å².